The Labute approximate surface area is 96.5 Å². The molecule has 0 amide bonds. The molecule has 1 fully saturated rings. The van der Waals surface area contributed by atoms with Gasteiger partial charge in [-0.3, -0.25) is 5.10 Å². The summed E-state index contributed by atoms with van der Waals surface area (Å²) < 4.78 is 4.19. The first kappa shape index (κ1) is 9.59. The standard InChI is InChI=1S/C9H12N6S/c10-8-7(5-1-2-5)9(16-15-8)11-3-6-12-4-13-14-6/h4-5,11H,1-3H2,(H2,10,15)(H,12,13,14). The van der Waals surface area contributed by atoms with Gasteiger partial charge in [-0.2, -0.15) is 9.47 Å². The van der Waals surface area contributed by atoms with E-state index in [1.165, 1.54) is 36.3 Å². The van der Waals surface area contributed by atoms with E-state index in [2.05, 4.69) is 24.9 Å². The van der Waals surface area contributed by atoms with Gasteiger partial charge in [0.1, 0.15) is 23.0 Å². The van der Waals surface area contributed by atoms with E-state index in [9.17, 15) is 0 Å². The molecule has 0 unspecified atom stereocenters. The molecule has 3 rings (SSSR count). The third-order valence-corrected chi connectivity index (χ3v) is 3.46. The predicted molar refractivity (Wildman–Crippen MR) is 62.2 cm³/mol. The van der Waals surface area contributed by atoms with Crippen LogP contribution < -0.4 is 11.1 Å². The van der Waals surface area contributed by atoms with Gasteiger partial charge in [-0.15, -0.1) is 0 Å². The van der Waals surface area contributed by atoms with Gasteiger partial charge in [0.05, 0.1) is 6.54 Å². The van der Waals surface area contributed by atoms with Gasteiger partial charge in [0.15, 0.2) is 0 Å². The first-order valence-corrected chi connectivity index (χ1v) is 5.95. The first-order valence-electron chi connectivity index (χ1n) is 5.17. The molecule has 16 heavy (non-hydrogen) atoms. The number of nitrogens with two attached hydrogens (primary N) is 1. The van der Waals surface area contributed by atoms with Crippen molar-refractivity contribution in [2.24, 2.45) is 0 Å². The molecule has 0 saturated heterocycles. The van der Waals surface area contributed by atoms with Gasteiger partial charge >= 0.3 is 0 Å². The molecule has 6 nitrogen and oxygen atoms in total. The van der Waals surface area contributed by atoms with Crippen LogP contribution in [0.5, 0.6) is 0 Å². The summed E-state index contributed by atoms with van der Waals surface area (Å²) in [5.41, 5.74) is 7.04. The molecule has 7 heteroatoms. The lowest BCUT2D eigenvalue weighted by Gasteiger charge is -2.03. The number of H-pyrrole nitrogens is 1. The van der Waals surface area contributed by atoms with Gasteiger partial charge in [-0.1, -0.05) is 0 Å². The molecule has 0 aromatic carbocycles. The van der Waals surface area contributed by atoms with E-state index in [-0.39, 0.29) is 0 Å². The molecule has 84 valence electrons. The number of aromatic nitrogens is 4. The van der Waals surface area contributed by atoms with Crippen molar-refractivity contribution < 1.29 is 0 Å². The van der Waals surface area contributed by atoms with E-state index >= 15 is 0 Å². The van der Waals surface area contributed by atoms with Crippen LogP contribution in [-0.4, -0.2) is 19.6 Å². The highest BCUT2D eigenvalue weighted by molar-refractivity contribution is 7.10. The second-order valence-corrected chi connectivity index (χ2v) is 4.64. The second-order valence-electron chi connectivity index (χ2n) is 3.87. The molecule has 0 bridgehead atoms. The Morgan fingerprint density at radius 3 is 3.12 bits per heavy atom. The minimum absolute atomic E-state index is 0.607. The lowest BCUT2D eigenvalue weighted by atomic mass is 10.2. The molecule has 4 N–H and O–H groups in total. The van der Waals surface area contributed by atoms with Gasteiger partial charge in [0.25, 0.3) is 0 Å². The first-order chi connectivity index (χ1) is 7.84. The smallest absolute Gasteiger partial charge is 0.143 e. The Kier molecular flexibility index (Phi) is 2.24. The number of nitrogen functional groups attached to an aromatic ring is 1. The third-order valence-electron chi connectivity index (χ3n) is 2.62. The number of nitrogens with one attached hydrogen (secondary N) is 2. The Morgan fingerprint density at radius 2 is 2.44 bits per heavy atom. The zero-order valence-corrected chi connectivity index (χ0v) is 9.42. The lowest BCUT2D eigenvalue weighted by molar-refractivity contribution is 0.954. The van der Waals surface area contributed by atoms with Crippen molar-refractivity contribution in [1.82, 2.24) is 19.6 Å². The average molecular weight is 236 g/mol. The summed E-state index contributed by atoms with van der Waals surface area (Å²) in [6.45, 7) is 0.626. The Hall–Kier alpha value is -1.63. The number of nitrogens with zero attached hydrogens (tertiary/aromatic N) is 3. The van der Waals surface area contributed by atoms with Crippen LogP contribution in [0.25, 0.3) is 0 Å². The summed E-state index contributed by atoms with van der Waals surface area (Å²) in [7, 11) is 0. The number of anilines is 2. The Bertz CT molecular complexity index is 472. The molecule has 0 spiro atoms. The maximum absolute atomic E-state index is 5.85. The largest absolute Gasteiger partial charge is 0.383 e. The predicted octanol–water partition coefficient (Wildman–Crippen LogP) is 1.33. The molecular formula is C9H12N6S. The van der Waals surface area contributed by atoms with Crippen molar-refractivity contribution in [2.75, 3.05) is 11.1 Å². The zero-order valence-electron chi connectivity index (χ0n) is 8.60. The topological polar surface area (TPSA) is 92.5 Å². The minimum Gasteiger partial charge on any atom is -0.383 e. The molecule has 2 aromatic rings. The van der Waals surface area contributed by atoms with Crippen LogP contribution in [0.3, 0.4) is 0 Å². The van der Waals surface area contributed by atoms with Crippen LogP contribution in [0.4, 0.5) is 10.8 Å². The van der Waals surface area contributed by atoms with Crippen LogP contribution in [-0.2, 0) is 6.54 Å². The SMILES string of the molecule is Nc1nsc(NCc2ncn[nH]2)c1C1CC1. The molecule has 2 heterocycles. The minimum atomic E-state index is 0.607. The summed E-state index contributed by atoms with van der Waals surface area (Å²) >= 11 is 1.42. The average Bonchev–Trinajstić information content (AvgIpc) is 2.85. The van der Waals surface area contributed by atoms with Crippen molar-refractivity contribution in [3.63, 3.8) is 0 Å². The van der Waals surface area contributed by atoms with Crippen molar-refractivity contribution in [1.29, 1.82) is 0 Å². The molecule has 0 aliphatic heterocycles. The number of hydrogen-bond donors (Lipinski definition) is 3. The molecule has 1 aliphatic rings. The molecule has 1 aliphatic carbocycles. The Morgan fingerprint density at radius 1 is 1.56 bits per heavy atom. The maximum atomic E-state index is 5.85. The van der Waals surface area contributed by atoms with E-state index in [0.29, 0.717) is 18.3 Å². The van der Waals surface area contributed by atoms with Crippen LogP contribution in [0.2, 0.25) is 0 Å². The quantitative estimate of drug-likeness (QED) is 0.744. The van der Waals surface area contributed by atoms with Crippen molar-refractivity contribution in [3.8, 4) is 0 Å². The molecule has 0 atom stereocenters. The Balaban J connectivity index is 1.74. The van der Waals surface area contributed by atoms with E-state index in [0.717, 1.165) is 10.8 Å². The fourth-order valence-corrected chi connectivity index (χ4v) is 2.48. The molecule has 1 saturated carbocycles. The van der Waals surface area contributed by atoms with Gasteiger partial charge in [0.2, 0.25) is 0 Å². The normalized spacial score (nSPS) is 15.2. The van der Waals surface area contributed by atoms with Crippen LogP contribution >= 0.6 is 11.5 Å². The molecular weight excluding hydrogens is 224 g/mol. The fourth-order valence-electron chi connectivity index (χ4n) is 1.68. The van der Waals surface area contributed by atoms with Gasteiger partial charge in [0, 0.05) is 5.56 Å². The highest BCUT2D eigenvalue weighted by atomic mass is 32.1. The van der Waals surface area contributed by atoms with E-state index in [1.807, 2.05) is 0 Å². The summed E-state index contributed by atoms with van der Waals surface area (Å²) in [4.78, 5) is 4.05. The van der Waals surface area contributed by atoms with Crippen molar-refractivity contribution in [3.05, 3.63) is 17.7 Å². The van der Waals surface area contributed by atoms with Gasteiger partial charge in [-0.25, -0.2) is 4.98 Å². The van der Waals surface area contributed by atoms with E-state index in [1.54, 1.807) is 0 Å². The number of rotatable bonds is 4. The van der Waals surface area contributed by atoms with Crippen LogP contribution in [0.15, 0.2) is 6.33 Å². The van der Waals surface area contributed by atoms with Gasteiger partial charge in [-0.05, 0) is 30.3 Å². The lowest BCUT2D eigenvalue weighted by Crippen LogP contribution is -2.02. The number of aromatic amines is 1. The third kappa shape index (κ3) is 1.73. The summed E-state index contributed by atoms with van der Waals surface area (Å²) in [5.74, 6) is 2.09. The van der Waals surface area contributed by atoms with Crippen molar-refractivity contribution >= 4 is 22.4 Å². The van der Waals surface area contributed by atoms with Gasteiger partial charge < -0.3 is 11.1 Å². The molecule has 0 radical (unpaired) electrons. The monoisotopic (exact) mass is 236 g/mol. The fraction of sp³-hybridized carbons (Fsp3) is 0.444. The second kappa shape index (κ2) is 3.75. The molecule has 2 aromatic heterocycles. The maximum Gasteiger partial charge on any atom is 0.143 e. The van der Waals surface area contributed by atoms with Crippen molar-refractivity contribution in [2.45, 2.75) is 25.3 Å². The highest BCUT2D eigenvalue weighted by Gasteiger charge is 2.30. The van der Waals surface area contributed by atoms with E-state index < -0.39 is 0 Å². The summed E-state index contributed by atoms with van der Waals surface area (Å²) in [6, 6.07) is 0. The summed E-state index contributed by atoms with van der Waals surface area (Å²) in [5, 5.41) is 11.0. The van der Waals surface area contributed by atoms with E-state index in [4.69, 9.17) is 5.73 Å². The highest BCUT2D eigenvalue weighted by Crippen LogP contribution is 2.47. The number of hydrogen-bond acceptors (Lipinski definition) is 6. The summed E-state index contributed by atoms with van der Waals surface area (Å²) in [6.07, 6.45) is 3.94. The zero-order chi connectivity index (χ0) is 11.0. The van der Waals surface area contributed by atoms with Crippen LogP contribution in [0, 0.1) is 0 Å². The van der Waals surface area contributed by atoms with Crippen LogP contribution in [0.1, 0.15) is 30.1 Å².